The maximum Gasteiger partial charge on any atom is 0.171 e. The van der Waals surface area contributed by atoms with Crippen LogP contribution in [0, 0.1) is 0 Å². The first kappa shape index (κ1) is 13.8. The smallest absolute Gasteiger partial charge is 0.171 e. The highest BCUT2D eigenvalue weighted by Crippen LogP contribution is 2.13. The van der Waals surface area contributed by atoms with Crippen molar-refractivity contribution < 1.29 is 0 Å². The second-order valence-corrected chi connectivity index (χ2v) is 4.77. The fourth-order valence-corrected chi connectivity index (χ4v) is 1.99. The summed E-state index contributed by atoms with van der Waals surface area (Å²) in [5.41, 5.74) is 1.74. The third-order valence-electron chi connectivity index (χ3n) is 2.56. The molecular formula is C13H15ClN4S. The van der Waals surface area contributed by atoms with Gasteiger partial charge < -0.3 is 10.6 Å². The van der Waals surface area contributed by atoms with Gasteiger partial charge in [-0.1, -0.05) is 29.8 Å². The molecule has 0 aliphatic rings. The SMILES string of the molecule is CCn1cc(Cl)c(CNC(=S)Nc2ccccc2)n1. The Morgan fingerprint density at radius 3 is 2.74 bits per heavy atom. The number of aryl methyl sites for hydroxylation is 1. The van der Waals surface area contributed by atoms with Crippen LogP contribution in [0.25, 0.3) is 0 Å². The predicted molar refractivity (Wildman–Crippen MR) is 82.4 cm³/mol. The fourth-order valence-electron chi connectivity index (χ4n) is 1.58. The molecule has 100 valence electrons. The zero-order valence-electron chi connectivity index (χ0n) is 10.6. The molecule has 1 heterocycles. The van der Waals surface area contributed by atoms with Gasteiger partial charge in [0.1, 0.15) is 5.69 Å². The Morgan fingerprint density at radius 2 is 2.11 bits per heavy atom. The summed E-state index contributed by atoms with van der Waals surface area (Å²) < 4.78 is 1.80. The van der Waals surface area contributed by atoms with Crippen molar-refractivity contribution in [1.29, 1.82) is 0 Å². The van der Waals surface area contributed by atoms with E-state index in [1.807, 2.05) is 43.5 Å². The highest BCUT2D eigenvalue weighted by Gasteiger charge is 2.06. The lowest BCUT2D eigenvalue weighted by atomic mass is 10.3. The average molecular weight is 295 g/mol. The quantitative estimate of drug-likeness (QED) is 0.851. The van der Waals surface area contributed by atoms with Crippen molar-refractivity contribution in [2.75, 3.05) is 5.32 Å². The molecule has 0 saturated carbocycles. The van der Waals surface area contributed by atoms with Crippen molar-refractivity contribution >= 4 is 34.6 Å². The number of anilines is 1. The van der Waals surface area contributed by atoms with E-state index in [0.717, 1.165) is 17.9 Å². The van der Waals surface area contributed by atoms with E-state index >= 15 is 0 Å². The van der Waals surface area contributed by atoms with Gasteiger partial charge in [-0.2, -0.15) is 5.10 Å². The van der Waals surface area contributed by atoms with Crippen LogP contribution in [0.4, 0.5) is 5.69 Å². The lowest BCUT2D eigenvalue weighted by Crippen LogP contribution is -2.28. The van der Waals surface area contributed by atoms with Gasteiger partial charge in [0, 0.05) is 18.4 Å². The molecule has 4 nitrogen and oxygen atoms in total. The van der Waals surface area contributed by atoms with Gasteiger partial charge in [0.25, 0.3) is 0 Å². The molecule has 0 fully saturated rings. The maximum absolute atomic E-state index is 6.08. The number of hydrogen-bond acceptors (Lipinski definition) is 2. The zero-order valence-corrected chi connectivity index (χ0v) is 12.1. The molecule has 19 heavy (non-hydrogen) atoms. The first-order valence-corrected chi connectivity index (χ1v) is 6.79. The molecule has 1 aromatic heterocycles. The van der Waals surface area contributed by atoms with Gasteiger partial charge in [0.15, 0.2) is 5.11 Å². The summed E-state index contributed by atoms with van der Waals surface area (Å²) in [5.74, 6) is 0. The Labute approximate surface area is 122 Å². The van der Waals surface area contributed by atoms with Gasteiger partial charge in [-0.15, -0.1) is 0 Å². The molecule has 1 aromatic carbocycles. The molecule has 0 spiro atoms. The fraction of sp³-hybridized carbons (Fsp3) is 0.231. The molecule has 0 bridgehead atoms. The van der Waals surface area contributed by atoms with Crippen LogP contribution >= 0.6 is 23.8 Å². The van der Waals surface area contributed by atoms with Crippen LogP contribution in [0.1, 0.15) is 12.6 Å². The normalized spacial score (nSPS) is 10.2. The number of aromatic nitrogens is 2. The summed E-state index contributed by atoms with van der Waals surface area (Å²) in [4.78, 5) is 0. The topological polar surface area (TPSA) is 41.9 Å². The lowest BCUT2D eigenvalue weighted by Gasteiger charge is -2.09. The second kappa shape index (κ2) is 6.54. The van der Waals surface area contributed by atoms with E-state index < -0.39 is 0 Å². The van der Waals surface area contributed by atoms with Crippen LogP contribution in [0.15, 0.2) is 36.5 Å². The number of thiocarbonyl (C=S) groups is 1. The summed E-state index contributed by atoms with van der Waals surface area (Å²) >= 11 is 11.3. The molecule has 2 aromatic rings. The molecule has 0 unspecified atom stereocenters. The summed E-state index contributed by atoms with van der Waals surface area (Å²) in [7, 11) is 0. The van der Waals surface area contributed by atoms with Crippen LogP contribution in [-0.4, -0.2) is 14.9 Å². The number of halogens is 1. The summed E-state index contributed by atoms with van der Waals surface area (Å²) in [6, 6.07) is 9.76. The third-order valence-corrected chi connectivity index (χ3v) is 3.12. The van der Waals surface area contributed by atoms with Crippen molar-refractivity contribution in [2.45, 2.75) is 20.0 Å². The molecule has 6 heteroatoms. The highest BCUT2D eigenvalue weighted by atomic mass is 35.5. The Kier molecular flexibility index (Phi) is 4.76. The van der Waals surface area contributed by atoms with E-state index in [9.17, 15) is 0 Å². The Hall–Kier alpha value is -1.59. The van der Waals surface area contributed by atoms with Gasteiger partial charge in [-0.25, -0.2) is 0 Å². The van der Waals surface area contributed by atoms with E-state index in [-0.39, 0.29) is 0 Å². The number of hydrogen-bond donors (Lipinski definition) is 2. The largest absolute Gasteiger partial charge is 0.357 e. The van der Waals surface area contributed by atoms with E-state index in [1.54, 1.807) is 4.68 Å². The van der Waals surface area contributed by atoms with Crippen molar-refractivity contribution in [3.63, 3.8) is 0 Å². The highest BCUT2D eigenvalue weighted by molar-refractivity contribution is 7.80. The van der Waals surface area contributed by atoms with Gasteiger partial charge >= 0.3 is 0 Å². The van der Waals surface area contributed by atoms with Crippen LogP contribution in [0.3, 0.4) is 0 Å². The summed E-state index contributed by atoms with van der Waals surface area (Å²) in [5, 5.41) is 11.7. The molecule has 0 radical (unpaired) electrons. The lowest BCUT2D eigenvalue weighted by molar-refractivity contribution is 0.643. The second-order valence-electron chi connectivity index (χ2n) is 3.95. The van der Waals surface area contributed by atoms with Crippen molar-refractivity contribution in [2.24, 2.45) is 0 Å². The van der Waals surface area contributed by atoms with E-state index in [4.69, 9.17) is 23.8 Å². The predicted octanol–water partition coefficient (Wildman–Crippen LogP) is 3.04. The van der Waals surface area contributed by atoms with Crippen molar-refractivity contribution in [3.05, 3.63) is 47.2 Å². The Balaban J connectivity index is 1.88. The van der Waals surface area contributed by atoms with Crippen LogP contribution in [-0.2, 0) is 13.1 Å². The molecular weight excluding hydrogens is 280 g/mol. The molecule has 0 amide bonds. The molecule has 2 rings (SSSR count). The van der Waals surface area contributed by atoms with Crippen LogP contribution < -0.4 is 10.6 Å². The standard InChI is InChI=1S/C13H15ClN4S/c1-2-18-9-11(14)12(17-18)8-15-13(19)16-10-6-4-3-5-7-10/h3-7,9H,2,8H2,1H3,(H2,15,16,19). The number of para-hydroxylation sites is 1. The van der Waals surface area contributed by atoms with Gasteiger partial charge in [-0.3, -0.25) is 4.68 Å². The van der Waals surface area contributed by atoms with E-state index in [0.29, 0.717) is 16.7 Å². The number of rotatable bonds is 4. The average Bonchev–Trinajstić information content (AvgIpc) is 2.78. The zero-order chi connectivity index (χ0) is 13.7. The summed E-state index contributed by atoms with van der Waals surface area (Å²) in [6.45, 7) is 3.32. The van der Waals surface area contributed by atoms with E-state index in [2.05, 4.69) is 15.7 Å². The minimum absolute atomic E-state index is 0.504. The summed E-state index contributed by atoms with van der Waals surface area (Å²) in [6.07, 6.45) is 1.81. The number of nitrogens with zero attached hydrogens (tertiary/aromatic N) is 2. The molecule has 0 saturated heterocycles. The molecule has 2 N–H and O–H groups in total. The van der Waals surface area contributed by atoms with Crippen molar-refractivity contribution in [1.82, 2.24) is 15.1 Å². The Morgan fingerprint density at radius 1 is 1.37 bits per heavy atom. The third kappa shape index (κ3) is 3.94. The molecule has 0 aliphatic heterocycles. The Bertz CT molecular complexity index is 553. The van der Waals surface area contributed by atoms with E-state index in [1.165, 1.54) is 0 Å². The number of benzene rings is 1. The molecule has 0 atom stereocenters. The number of nitrogens with one attached hydrogen (secondary N) is 2. The van der Waals surface area contributed by atoms with Crippen LogP contribution in [0.2, 0.25) is 5.02 Å². The van der Waals surface area contributed by atoms with Gasteiger partial charge in [0.05, 0.1) is 11.6 Å². The first-order valence-electron chi connectivity index (χ1n) is 6.00. The minimum atomic E-state index is 0.504. The van der Waals surface area contributed by atoms with Crippen LogP contribution in [0.5, 0.6) is 0 Å². The first-order chi connectivity index (χ1) is 9.19. The monoisotopic (exact) mass is 294 g/mol. The van der Waals surface area contributed by atoms with Gasteiger partial charge in [-0.05, 0) is 31.3 Å². The van der Waals surface area contributed by atoms with Crippen molar-refractivity contribution in [3.8, 4) is 0 Å². The maximum atomic E-state index is 6.08. The van der Waals surface area contributed by atoms with Gasteiger partial charge in [0.2, 0.25) is 0 Å². The minimum Gasteiger partial charge on any atom is -0.357 e. The molecule has 0 aliphatic carbocycles.